The molecule has 26 heteroatoms. The Morgan fingerprint density at radius 3 is 1.23 bits per heavy atom. The molecular weight excluding hydrogens is 1800 g/mol. The first-order chi connectivity index (χ1) is 70.3. The molecule has 0 spiro atoms. The third-order valence-corrected chi connectivity index (χ3v) is 26.4. The van der Waals surface area contributed by atoms with E-state index in [4.69, 9.17) is 0 Å². The largest absolute Gasteiger partial charge is 0.322 e. The summed E-state index contributed by atoms with van der Waals surface area (Å²) in [5.74, 6) is 26.5. The van der Waals surface area contributed by atoms with Gasteiger partial charge in [0.05, 0.1) is 62.4 Å². The average Bonchev–Trinajstić information content (AvgIpc) is 1.76. The van der Waals surface area contributed by atoms with Crippen molar-refractivity contribution in [2.75, 3.05) is 73.8 Å². The second-order valence-electron chi connectivity index (χ2n) is 37.8. The van der Waals surface area contributed by atoms with Gasteiger partial charge in [0, 0.05) is 180 Å². The van der Waals surface area contributed by atoms with E-state index in [1.165, 1.54) is 47.9 Å². The van der Waals surface area contributed by atoms with Gasteiger partial charge in [-0.15, -0.1) is 0 Å². The molecule has 0 radical (unpaired) electrons. The number of amides is 1. The van der Waals surface area contributed by atoms with E-state index in [1.54, 1.807) is 86.9 Å². The van der Waals surface area contributed by atoms with Crippen LogP contribution < -0.4 is 5.32 Å². The second-order valence-corrected chi connectivity index (χ2v) is 37.8. The number of likely N-dealkylation sites (tertiary alicyclic amines) is 2. The molecule has 726 valence electrons. The number of benzene rings is 8. The maximum Gasteiger partial charge on any atom is 0.255 e. The van der Waals surface area contributed by atoms with Crippen LogP contribution in [0.2, 0.25) is 0 Å². The topological polar surface area (TPSA) is 253 Å². The summed E-state index contributed by atoms with van der Waals surface area (Å²) in [6, 6.07) is 51.1. The Kier molecular flexibility index (Phi) is 31.8. The molecule has 12 heterocycles. The van der Waals surface area contributed by atoms with Crippen molar-refractivity contribution in [1.29, 1.82) is 0 Å². The number of carbonyl (C=O) groups excluding carboxylic acids is 4. The molecule has 1 amide bonds. The Morgan fingerprint density at radius 2 is 0.786 bits per heavy atom. The van der Waals surface area contributed by atoms with E-state index in [1.807, 2.05) is 204 Å². The Balaban J connectivity index is 0.000000133. The minimum absolute atomic E-state index is 0.0552. The lowest BCUT2D eigenvalue weighted by Crippen LogP contribution is -2.41. The van der Waals surface area contributed by atoms with Gasteiger partial charge in [-0.05, 0) is 300 Å². The third kappa shape index (κ3) is 25.6. The summed E-state index contributed by atoms with van der Waals surface area (Å²) in [6.45, 7) is 21.6. The van der Waals surface area contributed by atoms with Crippen molar-refractivity contribution in [2.45, 2.75) is 125 Å². The number of nitrogens with one attached hydrogen (secondary N) is 1. The van der Waals surface area contributed by atoms with Gasteiger partial charge in [0.2, 0.25) is 0 Å². The van der Waals surface area contributed by atoms with Gasteiger partial charge < -0.3 is 29.2 Å². The van der Waals surface area contributed by atoms with Gasteiger partial charge >= 0.3 is 0 Å². The molecule has 20 rings (SSSR count). The number of anilines is 1. The molecule has 26 nitrogen and oxygen atoms in total. The number of hydrogen-bond donors (Lipinski definition) is 1. The van der Waals surface area contributed by atoms with Crippen LogP contribution in [0.15, 0.2) is 282 Å². The minimum atomic E-state index is -0.193. The molecule has 145 heavy (non-hydrogen) atoms. The predicted molar refractivity (Wildman–Crippen MR) is 568 cm³/mol. The Hall–Kier alpha value is -16.8. The summed E-state index contributed by atoms with van der Waals surface area (Å²) in [5, 5.41) is 3.00. The summed E-state index contributed by atoms with van der Waals surface area (Å²) in [4.78, 5) is 107. The number of fused-ring (bicyclic) bond motifs is 4. The van der Waals surface area contributed by atoms with Gasteiger partial charge in [-0.1, -0.05) is 109 Å². The number of Topliss-reactive ketones (excluding diaryl/α,β-unsaturated/α-hetero) is 3. The molecule has 18 aromatic rings. The lowest BCUT2D eigenvalue weighted by Gasteiger charge is -2.35. The number of aromatic nitrogens is 16. The highest BCUT2D eigenvalue weighted by molar-refractivity contribution is 6.05. The quantitative estimate of drug-likeness (QED) is 0.0518. The molecule has 0 aliphatic carbocycles. The first-order valence-electron chi connectivity index (χ1n) is 48.6. The zero-order valence-corrected chi connectivity index (χ0v) is 84.1. The van der Waals surface area contributed by atoms with Gasteiger partial charge in [-0.3, -0.25) is 66.5 Å². The highest BCUT2D eigenvalue weighted by Crippen LogP contribution is 2.28. The van der Waals surface area contributed by atoms with Gasteiger partial charge in [-0.25, -0.2) is 29.9 Å². The Labute approximate surface area is 846 Å². The van der Waals surface area contributed by atoms with Crippen LogP contribution in [-0.2, 0) is 38.9 Å². The van der Waals surface area contributed by atoms with Crippen LogP contribution in [0.5, 0.6) is 0 Å². The normalized spacial score (nSPS) is 12.8. The van der Waals surface area contributed by atoms with E-state index in [-0.39, 0.29) is 23.3 Å². The van der Waals surface area contributed by atoms with Gasteiger partial charge in [0.15, 0.2) is 39.9 Å². The number of rotatable bonds is 21. The van der Waals surface area contributed by atoms with Crippen LogP contribution in [-0.4, -0.2) is 205 Å². The lowest BCUT2D eigenvalue weighted by molar-refractivity contribution is 0.0984. The molecule has 1 N–H and O–H groups in total. The van der Waals surface area contributed by atoms with Crippen LogP contribution >= 0.6 is 0 Å². The maximum absolute atomic E-state index is 13.3. The van der Waals surface area contributed by atoms with Crippen molar-refractivity contribution < 1.29 is 19.2 Å². The Bertz CT molecular complexity index is 8060. The van der Waals surface area contributed by atoms with Gasteiger partial charge in [0.1, 0.15) is 28.6 Å². The second kappa shape index (κ2) is 46.3. The van der Waals surface area contributed by atoms with Crippen LogP contribution in [0.1, 0.15) is 185 Å². The molecule has 8 aromatic carbocycles. The standard InChI is InChI=1S/C32H35N5O.C31H33N5O.C30H28N6O.C26H20N6O/c1-23-5-7-27(19-26(23)9-10-30-20-34-32-21-33-13-16-37(30)32)31(38)18-25-6-8-28(24(2)17-25)22-36-14-11-29(12-15-36)35(3)4;1-23-17-25(7-9-27(23)22-35-14-11-28(12-15-35)34(2)3)19-30(37)26-6-4-5-24(18-26)8-10-29-20-33-31-21-32-13-16-36(29)31;1-21-13-23(15-27(14-21)36-12-10-32-30(36)20-34(3)4)16-28(37)25-6-5-22(2)24(17-25)7-8-26-18-33-29-19-31-9-11-35(26)29;1-18-11-22(14-24(12-18)31-9-7-28-17-31)30-26(33)21-4-3-19(2)20(13-21)5-6-23-15-29-25-16-27-8-10-32(23)25/h5-8,13,16-17,19-21,29H,11-12,14-15,18,22H2,1-4H3;4-7,9,13,16-18,20-21,28H,11-12,14-15,19,22H2,1-3H3;5-6,9-15,17-19H,16,20H2,1-4H3;3-4,7-17H,1-2H3,(H,30,33). The Morgan fingerprint density at radius 1 is 0.366 bits per heavy atom. The van der Waals surface area contributed by atoms with Crippen molar-refractivity contribution in [3.8, 4) is 58.7 Å². The van der Waals surface area contributed by atoms with E-state index in [2.05, 4.69) is 235 Å². The SMILES string of the molecule is Cc1cc(CC(=O)c2ccc(C)c(C#Cc3cnc4cnccn34)c2)cc(-n2ccnc2CN(C)C)c1.Cc1cc(CC(=O)c2cccc(C#Cc3cnc4cnccn34)c2)ccc1CN1CCC(N(C)C)CC1.Cc1cc(NC(=O)c2ccc(C)c(C#Cc3cnc4cnccn34)c2)cc(-n2ccnc2)c1.Cc1ccc(C(=O)Cc2ccc(CN3CCC(N(C)C)CC3)c(C)c2)cc1C#Cc1cnc2cnccn12. The molecule has 2 aliphatic rings. The van der Waals surface area contributed by atoms with E-state index in [9.17, 15) is 19.2 Å². The van der Waals surface area contributed by atoms with Crippen LogP contribution in [0.3, 0.4) is 0 Å². The summed E-state index contributed by atoms with van der Waals surface area (Å²) in [5.41, 5.74) is 28.0. The molecule has 2 aliphatic heterocycles. The third-order valence-electron chi connectivity index (χ3n) is 26.4. The zero-order valence-electron chi connectivity index (χ0n) is 84.1. The number of piperidine rings is 2. The summed E-state index contributed by atoms with van der Waals surface area (Å²) in [6.07, 6.45) is 42.9. The fourth-order valence-corrected chi connectivity index (χ4v) is 18.1. The molecular formula is C119H116N22O4. The monoisotopic (exact) mass is 1920 g/mol. The molecule has 10 aromatic heterocycles. The van der Waals surface area contributed by atoms with E-state index in [0.29, 0.717) is 53.6 Å². The smallest absolute Gasteiger partial charge is 0.255 e. The number of aryl methyl sites for hydroxylation is 7. The van der Waals surface area contributed by atoms with Crippen LogP contribution in [0.4, 0.5) is 5.69 Å². The van der Waals surface area contributed by atoms with Crippen molar-refractivity contribution in [1.82, 2.24) is 101 Å². The highest BCUT2D eigenvalue weighted by atomic mass is 16.2. The summed E-state index contributed by atoms with van der Waals surface area (Å²) in [7, 11) is 12.8. The number of carbonyl (C=O) groups is 4. The molecule has 2 saturated heterocycles. The lowest BCUT2D eigenvalue weighted by atomic mass is 9.96. The summed E-state index contributed by atoms with van der Waals surface area (Å²) >= 11 is 0. The molecule has 0 atom stereocenters. The van der Waals surface area contributed by atoms with Gasteiger partial charge in [0.25, 0.3) is 5.91 Å². The predicted octanol–water partition coefficient (Wildman–Crippen LogP) is 17.7. The number of nitrogens with zero attached hydrogens (tertiary/aromatic N) is 21. The van der Waals surface area contributed by atoms with E-state index < -0.39 is 0 Å². The average molecular weight is 1920 g/mol. The first-order valence-corrected chi connectivity index (χ1v) is 48.6. The zero-order chi connectivity index (χ0) is 101. The van der Waals surface area contributed by atoms with Crippen molar-refractivity contribution in [2.24, 2.45) is 0 Å². The summed E-state index contributed by atoms with van der Waals surface area (Å²) < 4.78 is 11.6. The van der Waals surface area contributed by atoms with Crippen LogP contribution in [0, 0.1) is 95.8 Å². The molecule has 2 fully saturated rings. The molecule has 0 bridgehead atoms. The maximum atomic E-state index is 13.3. The fraction of sp³-hybridized carbons (Fsp3) is 0.244. The van der Waals surface area contributed by atoms with Crippen molar-refractivity contribution in [3.05, 3.63) is 422 Å². The first kappa shape index (κ1) is 99.7. The van der Waals surface area contributed by atoms with Crippen molar-refractivity contribution in [3.63, 3.8) is 0 Å². The fourth-order valence-electron chi connectivity index (χ4n) is 18.1. The number of ketones is 3. The molecule has 0 saturated carbocycles. The van der Waals surface area contributed by atoms with E-state index in [0.717, 1.165) is 181 Å². The molecule has 0 unspecified atom stereocenters. The van der Waals surface area contributed by atoms with E-state index >= 15 is 0 Å². The van der Waals surface area contributed by atoms with Crippen LogP contribution in [0.25, 0.3) is 34.0 Å². The number of hydrogen-bond acceptors (Lipinski definition) is 19. The van der Waals surface area contributed by atoms with Crippen molar-refractivity contribution >= 4 is 51.5 Å². The minimum Gasteiger partial charge on any atom is -0.322 e. The highest BCUT2D eigenvalue weighted by Gasteiger charge is 2.25. The number of imidazole rings is 6. The van der Waals surface area contributed by atoms with Gasteiger partial charge in [-0.2, -0.15) is 0 Å².